The first-order chi connectivity index (χ1) is 10.2. The molecule has 0 unspecified atom stereocenters. The number of thiazole rings is 1. The van der Waals surface area contributed by atoms with Gasteiger partial charge in [0.2, 0.25) is 5.91 Å². The highest BCUT2D eigenvalue weighted by molar-refractivity contribution is 8.00. The van der Waals surface area contributed by atoms with Gasteiger partial charge in [-0.15, -0.1) is 11.3 Å². The van der Waals surface area contributed by atoms with E-state index in [1.165, 1.54) is 6.42 Å². The number of carbonyl (C=O) groups excluding carboxylic acids is 1. The molecule has 6 heteroatoms. The highest BCUT2D eigenvalue weighted by Crippen LogP contribution is 2.37. The molecule has 2 fully saturated rings. The summed E-state index contributed by atoms with van der Waals surface area (Å²) in [7, 11) is 0. The number of thioether (sulfide) groups is 1. The van der Waals surface area contributed by atoms with Crippen LogP contribution in [0.2, 0.25) is 0 Å². The predicted octanol–water partition coefficient (Wildman–Crippen LogP) is 2.83. The second-order valence-corrected chi connectivity index (χ2v) is 8.31. The molecule has 116 valence electrons. The number of nitrogens with zero attached hydrogens (tertiary/aromatic N) is 2. The van der Waals surface area contributed by atoms with Gasteiger partial charge in [-0.2, -0.15) is 0 Å². The van der Waals surface area contributed by atoms with Crippen LogP contribution in [0.5, 0.6) is 0 Å². The van der Waals surface area contributed by atoms with Gasteiger partial charge in [-0.25, -0.2) is 4.98 Å². The van der Waals surface area contributed by atoms with Crippen molar-refractivity contribution in [3.63, 3.8) is 0 Å². The number of piperidine rings is 1. The maximum Gasteiger partial charge on any atom is 0.228 e. The zero-order valence-electron chi connectivity index (χ0n) is 12.5. The van der Waals surface area contributed by atoms with Crippen molar-refractivity contribution in [1.29, 1.82) is 0 Å². The van der Waals surface area contributed by atoms with Crippen molar-refractivity contribution in [3.8, 4) is 0 Å². The van der Waals surface area contributed by atoms with Crippen LogP contribution in [-0.4, -0.2) is 47.8 Å². The van der Waals surface area contributed by atoms with Crippen molar-refractivity contribution in [2.75, 3.05) is 32.1 Å². The van der Waals surface area contributed by atoms with Crippen molar-refractivity contribution in [3.05, 3.63) is 11.1 Å². The molecule has 0 aromatic carbocycles. The summed E-state index contributed by atoms with van der Waals surface area (Å²) in [5.41, 5.74) is 1.15. The van der Waals surface area contributed by atoms with Crippen LogP contribution in [0.4, 0.5) is 0 Å². The molecule has 2 saturated heterocycles. The van der Waals surface area contributed by atoms with Crippen LogP contribution in [0.3, 0.4) is 0 Å². The molecule has 2 aliphatic rings. The minimum atomic E-state index is 0.222. The monoisotopic (exact) mass is 326 g/mol. The van der Waals surface area contributed by atoms with Crippen molar-refractivity contribution in [2.45, 2.75) is 36.9 Å². The Kier molecular flexibility index (Phi) is 4.86. The fourth-order valence-electron chi connectivity index (χ4n) is 3.22. The van der Waals surface area contributed by atoms with E-state index in [1.54, 1.807) is 23.1 Å². The van der Waals surface area contributed by atoms with E-state index in [4.69, 9.17) is 4.74 Å². The summed E-state index contributed by atoms with van der Waals surface area (Å²) in [5, 5.41) is 2.02. The molecule has 1 spiro atoms. The first-order valence-electron chi connectivity index (χ1n) is 7.63. The lowest BCUT2D eigenvalue weighted by atomic mass is 9.79. The van der Waals surface area contributed by atoms with Crippen LogP contribution in [-0.2, 0) is 16.0 Å². The number of amides is 1. The van der Waals surface area contributed by atoms with Gasteiger partial charge in [0.25, 0.3) is 0 Å². The molecule has 4 nitrogen and oxygen atoms in total. The van der Waals surface area contributed by atoms with E-state index < -0.39 is 0 Å². The number of ether oxygens (including phenoxy) is 1. The minimum absolute atomic E-state index is 0.222. The third-order valence-corrected chi connectivity index (χ3v) is 6.28. The van der Waals surface area contributed by atoms with Gasteiger partial charge >= 0.3 is 0 Å². The molecule has 3 rings (SSSR count). The van der Waals surface area contributed by atoms with Crippen LogP contribution in [0, 0.1) is 5.41 Å². The Balaban J connectivity index is 1.59. The van der Waals surface area contributed by atoms with Crippen molar-refractivity contribution >= 4 is 29.0 Å². The highest BCUT2D eigenvalue weighted by atomic mass is 32.2. The zero-order valence-corrected chi connectivity index (χ0v) is 14.1. The SMILES string of the molecule is CCSc1nc(CC(=O)N2CCC[C@]3(CCOC3)C2)cs1. The van der Waals surface area contributed by atoms with Gasteiger partial charge in [-0.1, -0.05) is 18.7 Å². The molecule has 0 radical (unpaired) electrons. The Hall–Kier alpha value is -0.590. The van der Waals surface area contributed by atoms with Crippen LogP contribution in [0.1, 0.15) is 31.9 Å². The van der Waals surface area contributed by atoms with Crippen LogP contribution < -0.4 is 0 Å². The first kappa shape index (κ1) is 15.3. The molecule has 0 aliphatic carbocycles. The molecule has 0 saturated carbocycles. The third kappa shape index (κ3) is 3.60. The van der Waals surface area contributed by atoms with Crippen molar-refractivity contribution in [1.82, 2.24) is 9.88 Å². The highest BCUT2D eigenvalue weighted by Gasteiger charge is 2.40. The number of rotatable bonds is 4. The summed E-state index contributed by atoms with van der Waals surface area (Å²) < 4.78 is 6.63. The van der Waals surface area contributed by atoms with Gasteiger partial charge in [-0.3, -0.25) is 4.79 Å². The van der Waals surface area contributed by atoms with Crippen molar-refractivity contribution < 1.29 is 9.53 Å². The second-order valence-electron chi connectivity index (χ2n) is 5.94. The molecule has 0 N–H and O–H groups in total. The Morgan fingerprint density at radius 1 is 1.57 bits per heavy atom. The van der Waals surface area contributed by atoms with E-state index in [9.17, 15) is 4.79 Å². The van der Waals surface area contributed by atoms with E-state index in [0.717, 1.165) is 54.9 Å². The average Bonchev–Trinajstić information content (AvgIpc) is 3.10. The molecule has 0 bridgehead atoms. The van der Waals surface area contributed by atoms with E-state index in [0.29, 0.717) is 6.42 Å². The van der Waals surface area contributed by atoms with E-state index in [1.807, 2.05) is 10.3 Å². The van der Waals surface area contributed by atoms with Gasteiger partial charge in [0.1, 0.15) is 4.34 Å². The quantitative estimate of drug-likeness (QED) is 0.798. The molecule has 3 heterocycles. The maximum absolute atomic E-state index is 12.5. The standard InChI is InChI=1S/C15H22N2O2S2/c1-2-20-14-16-12(9-21-14)8-13(18)17-6-3-4-15(10-17)5-7-19-11-15/h9H,2-8,10-11H2,1H3/t15-/m0/s1. The first-order valence-corrected chi connectivity index (χ1v) is 9.50. The normalized spacial score (nSPS) is 25.7. The smallest absolute Gasteiger partial charge is 0.228 e. The Bertz CT molecular complexity index is 498. The van der Waals surface area contributed by atoms with Crippen LogP contribution in [0.15, 0.2) is 9.72 Å². The second kappa shape index (κ2) is 6.67. The number of likely N-dealkylation sites (tertiary alicyclic amines) is 1. The Morgan fingerprint density at radius 3 is 3.24 bits per heavy atom. The summed E-state index contributed by atoms with van der Waals surface area (Å²) in [6.07, 6.45) is 3.84. The summed E-state index contributed by atoms with van der Waals surface area (Å²) in [5.74, 6) is 1.24. The lowest BCUT2D eigenvalue weighted by Gasteiger charge is -2.39. The summed E-state index contributed by atoms with van der Waals surface area (Å²) in [6.45, 7) is 5.55. The molecule has 1 atom stereocenters. The maximum atomic E-state index is 12.5. The summed E-state index contributed by atoms with van der Waals surface area (Å²) >= 11 is 3.38. The van der Waals surface area contributed by atoms with Gasteiger partial charge in [0.05, 0.1) is 18.7 Å². The largest absolute Gasteiger partial charge is 0.381 e. The Morgan fingerprint density at radius 2 is 2.48 bits per heavy atom. The molecule has 1 amide bonds. The summed E-state index contributed by atoms with van der Waals surface area (Å²) in [4.78, 5) is 19.1. The van der Waals surface area contributed by atoms with Gasteiger partial charge < -0.3 is 9.64 Å². The molecule has 2 aliphatic heterocycles. The fraction of sp³-hybridized carbons (Fsp3) is 0.733. The lowest BCUT2D eigenvalue weighted by molar-refractivity contribution is -0.134. The van der Waals surface area contributed by atoms with Crippen LogP contribution >= 0.6 is 23.1 Å². The number of hydrogen-bond acceptors (Lipinski definition) is 5. The molecule has 1 aromatic heterocycles. The Labute approximate surface area is 134 Å². The predicted molar refractivity (Wildman–Crippen MR) is 85.9 cm³/mol. The van der Waals surface area contributed by atoms with Crippen molar-refractivity contribution in [2.24, 2.45) is 5.41 Å². The minimum Gasteiger partial charge on any atom is -0.381 e. The molecular weight excluding hydrogens is 304 g/mol. The lowest BCUT2D eigenvalue weighted by Crippen LogP contribution is -2.47. The number of carbonyl (C=O) groups is 1. The number of aromatic nitrogens is 1. The fourth-order valence-corrected chi connectivity index (χ4v) is 4.96. The van der Waals surface area contributed by atoms with E-state index in [-0.39, 0.29) is 11.3 Å². The summed E-state index contributed by atoms with van der Waals surface area (Å²) in [6, 6.07) is 0. The van der Waals surface area contributed by atoms with Gasteiger partial charge in [-0.05, 0) is 25.0 Å². The molecule has 21 heavy (non-hydrogen) atoms. The van der Waals surface area contributed by atoms with E-state index >= 15 is 0 Å². The number of hydrogen-bond donors (Lipinski definition) is 0. The topological polar surface area (TPSA) is 42.4 Å². The van der Waals surface area contributed by atoms with Gasteiger partial charge in [0.15, 0.2) is 0 Å². The van der Waals surface area contributed by atoms with E-state index in [2.05, 4.69) is 11.9 Å². The average molecular weight is 326 g/mol. The zero-order chi connectivity index (χ0) is 14.7. The van der Waals surface area contributed by atoms with Gasteiger partial charge in [0, 0.05) is 30.5 Å². The molecule has 1 aromatic rings. The molecular formula is C15H22N2O2S2. The third-order valence-electron chi connectivity index (χ3n) is 4.33. The van der Waals surface area contributed by atoms with Crippen LogP contribution in [0.25, 0.3) is 0 Å².